The molecule has 0 amide bonds. The third-order valence-corrected chi connectivity index (χ3v) is 5.45. The van der Waals surface area contributed by atoms with Gasteiger partial charge in [0.25, 0.3) is 5.56 Å². The Kier molecular flexibility index (Phi) is 3.26. The van der Waals surface area contributed by atoms with Crippen molar-refractivity contribution in [2.75, 3.05) is 18.1 Å². The summed E-state index contributed by atoms with van der Waals surface area (Å²) in [5.74, 6) is 0.589. The Bertz CT molecular complexity index is 1040. The Hall–Kier alpha value is -2.19. The number of nitrogens with zero attached hydrogens (tertiary/aromatic N) is 4. The van der Waals surface area contributed by atoms with Crippen molar-refractivity contribution in [3.63, 3.8) is 0 Å². The SMILES string of the molecule is Cc1cc(Br)ccc1-n1cc2c(=O)[nH]c(N3CC4CC3CO4)nc2n1. The van der Waals surface area contributed by atoms with E-state index in [1.165, 1.54) is 0 Å². The van der Waals surface area contributed by atoms with Crippen molar-refractivity contribution in [2.45, 2.75) is 25.5 Å². The van der Waals surface area contributed by atoms with Gasteiger partial charge >= 0.3 is 0 Å². The average molecular weight is 402 g/mol. The van der Waals surface area contributed by atoms with Crippen LogP contribution in [0.15, 0.2) is 33.7 Å². The predicted octanol–water partition coefficient (Wildman–Crippen LogP) is 2.16. The van der Waals surface area contributed by atoms with Crippen LogP contribution >= 0.6 is 15.9 Å². The molecule has 3 aromatic rings. The van der Waals surface area contributed by atoms with Gasteiger partial charge in [-0.05, 0) is 37.1 Å². The number of hydrogen-bond donors (Lipinski definition) is 1. The number of aryl methyl sites for hydroxylation is 1. The lowest BCUT2D eigenvalue weighted by Crippen LogP contribution is -2.38. The lowest BCUT2D eigenvalue weighted by molar-refractivity contribution is 0.0986. The standard InChI is InChI=1S/C17H16BrN5O2/c1-9-4-10(18)2-3-14(9)23-7-13-15(21-23)19-17(20-16(13)24)22-6-12-5-11(22)8-25-12/h2-4,7,11-12H,5-6,8H2,1H3,(H,19,20,21,24). The molecule has 2 aromatic heterocycles. The fourth-order valence-corrected chi connectivity index (χ4v) is 4.17. The smallest absolute Gasteiger partial charge is 0.263 e. The zero-order valence-electron chi connectivity index (χ0n) is 13.6. The van der Waals surface area contributed by atoms with E-state index in [4.69, 9.17) is 4.74 Å². The molecule has 128 valence electrons. The first kappa shape index (κ1) is 15.1. The molecular formula is C17H16BrN5O2. The van der Waals surface area contributed by atoms with Crippen LogP contribution in [-0.2, 0) is 4.74 Å². The minimum atomic E-state index is -0.162. The Morgan fingerprint density at radius 1 is 1.40 bits per heavy atom. The maximum Gasteiger partial charge on any atom is 0.263 e. The number of H-pyrrole nitrogens is 1. The molecule has 0 saturated carbocycles. The van der Waals surface area contributed by atoms with Gasteiger partial charge in [0.05, 0.1) is 24.4 Å². The monoisotopic (exact) mass is 401 g/mol. The normalized spacial score (nSPS) is 22.2. The molecule has 5 rings (SSSR count). The van der Waals surface area contributed by atoms with E-state index in [-0.39, 0.29) is 11.7 Å². The summed E-state index contributed by atoms with van der Waals surface area (Å²) < 4.78 is 8.35. The quantitative estimate of drug-likeness (QED) is 0.711. The van der Waals surface area contributed by atoms with Crippen LogP contribution in [0.5, 0.6) is 0 Å². The molecule has 25 heavy (non-hydrogen) atoms. The number of nitrogens with one attached hydrogen (secondary N) is 1. The van der Waals surface area contributed by atoms with E-state index >= 15 is 0 Å². The van der Waals surface area contributed by atoms with E-state index in [9.17, 15) is 4.79 Å². The van der Waals surface area contributed by atoms with Crippen molar-refractivity contribution in [3.8, 4) is 5.69 Å². The lowest BCUT2D eigenvalue weighted by atomic mass is 10.2. The van der Waals surface area contributed by atoms with Crippen LogP contribution in [0.4, 0.5) is 5.95 Å². The molecule has 8 heteroatoms. The van der Waals surface area contributed by atoms with Gasteiger partial charge in [-0.25, -0.2) is 4.68 Å². The van der Waals surface area contributed by atoms with Crippen LogP contribution < -0.4 is 10.5 Å². The van der Waals surface area contributed by atoms with Crippen LogP contribution in [0.2, 0.25) is 0 Å². The second-order valence-electron chi connectivity index (χ2n) is 6.63. The van der Waals surface area contributed by atoms with Crippen LogP contribution in [-0.4, -0.2) is 45.0 Å². The first-order valence-corrected chi connectivity index (χ1v) is 9.02. The van der Waals surface area contributed by atoms with E-state index in [0.717, 1.165) is 28.7 Å². The minimum Gasteiger partial charge on any atom is -0.374 e. The van der Waals surface area contributed by atoms with Crippen LogP contribution in [0, 0.1) is 6.92 Å². The maximum absolute atomic E-state index is 12.5. The molecule has 0 aliphatic carbocycles. The molecule has 2 saturated heterocycles. The van der Waals surface area contributed by atoms with Gasteiger partial charge in [0.15, 0.2) is 5.65 Å². The van der Waals surface area contributed by atoms with Crippen molar-refractivity contribution < 1.29 is 4.74 Å². The minimum absolute atomic E-state index is 0.162. The largest absolute Gasteiger partial charge is 0.374 e. The molecule has 1 N–H and O–H groups in total. The van der Waals surface area contributed by atoms with Crippen LogP contribution in [0.25, 0.3) is 16.7 Å². The van der Waals surface area contributed by atoms with E-state index in [1.807, 2.05) is 25.1 Å². The van der Waals surface area contributed by atoms with Gasteiger partial charge in [0, 0.05) is 17.2 Å². The van der Waals surface area contributed by atoms with Gasteiger partial charge in [-0.2, -0.15) is 4.98 Å². The van der Waals surface area contributed by atoms with Crippen molar-refractivity contribution in [1.82, 2.24) is 19.7 Å². The molecular weight excluding hydrogens is 386 g/mol. The first-order chi connectivity index (χ1) is 12.1. The van der Waals surface area contributed by atoms with Gasteiger partial charge < -0.3 is 9.64 Å². The van der Waals surface area contributed by atoms with Crippen molar-refractivity contribution in [1.29, 1.82) is 0 Å². The zero-order valence-corrected chi connectivity index (χ0v) is 15.2. The Labute approximate surface area is 151 Å². The highest BCUT2D eigenvalue weighted by Crippen LogP contribution is 2.30. The number of halogens is 1. The second kappa shape index (κ2) is 5.40. The fraction of sp³-hybridized carbons (Fsp3) is 0.353. The second-order valence-corrected chi connectivity index (χ2v) is 7.54. The summed E-state index contributed by atoms with van der Waals surface area (Å²) in [6, 6.07) is 6.24. The van der Waals surface area contributed by atoms with Crippen LogP contribution in [0.1, 0.15) is 12.0 Å². The van der Waals surface area contributed by atoms with E-state index < -0.39 is 0 Å². The Morgan fingerprint density at radius 2 is 2.28 bits per heavy atom. The number of fused-ring (bicyclic) bond motifs is 3. The zero-order chi connectivity index (χ0) is 17.1. The number of aromatic amines is 1. The average Bonchev–Trinajstić information content (AvgIpc) is 3.29. The number of aromatic nitrogens is 4. The highest BCUT2D eigenvalue weighted by molar-refractivity contribution is 9.10. The van der Waals surface area contributed by atoms with Crippen molar-refractivity contribution in [2.24, 2.45) is 0 Å². The molecule has 0 radical (unpaired) electrons. The summed E-state index contributed by atoms with van der Waals surface area (Å²) in [4.78, 5) is 22.2. The Morgan fingerprint density at radius 3 is 3.00 bits per heavy atom. The molecule has 4 heterocycles. The van der Waals surface area contributed by atoms with Crippen LogP contribution in [0.3, 0.4) is 0 Å². The Balaban J connectivity index is 1.60. The van der Waals surface area contributed by atoms with Crippen molar-refractivity contribution in [3.05, 3.63) is 44.8 Å². The predicted molar refractivity (Wildman–Crippen MR) is 97.4 cm³/mol. The fourth-order valence-electron chi connectivity index (χ4n) is 3.70. The maximum atomic E-state index is 12.5. The highest BCUT2D eigenvalue weighted by Gasteiger charge is 2.40. The number of hydrogen-bond acceptors (Lipinski definition) is 5. The highest BCUT2D eigenvalue weighted by atomic mass is 79.9. The van der Waals surface area contributed by atoms with Gasteiger partial charge in [-0.1, -0.05) is 15.9 Å². The van der Waals surface area contributed by atoms with E-state index in [0.29, 0.717) is 29.6 Å². The van der Waals surface area contributed by atoms with E-state index in [2.05, 4.69) is 35.9 Å². The number of anilines is 1. The van der Waals surface area contributed by atoms with Gasteiger partial charge in [0.2, 0.25) is 5.95 Å². The number of ether oxygens (including phenoxy) is 1. The molecule has 2 atom stereocenters. The van der Waals surface area contributed by atoms with Gasteiger partial charge in [0.1, 0.15) is 5.39 Å². The number of morpholine rings is 1. The molecule has 2 aliphatic rings. The number of rotatable bonds is 2. The third kappa shape index (κ3) is 2.39. The summed E-state index contributed by atoms with van der Waals surface area (Å²) in [6.07, 6.45) is 2.98. The molecule has 2 unspecified atom stereocenters. The van der Waals surface area contributed by atoms with E-state index in [1.54, 1.807) is 10.9 Å². The lowest BCUT2D eigenvalue weighted by Gasteiger charge is -2.26. The summed E-state index contributed by atoms with van der Waals surface area (Å²) >= 11 is 3.47. The summed E-state index contributed by atoms with van der Waals surface area (Å²) in [5.41, 5.74) is 2.29. The topological polar surface area (TPSA) is 76.0 Å². The summed E-state index contributed by atoms with van der Waals surface area (Å²) in [6.45, 7) is 3.47. The van der Waals surface area contributed by atoms with Gasteiger partial charge in [-0.3, -0.25) is 9.78 Å². The summed E-state index contributed by atoms with van der Waals surface area (Å²) in [7, 11) is 0. The summed E-state index contributed by atoms with van der Waals surface area (Å²) in [5, 5.41) is 5.03. The first-order valence-electron chi connectivity index (χ1n) is 8.23. The molecule has 1 aromatic carbocycles. The molecule has 2 fully saturated rings. The number of benzene rings is 1. The molecule has 2 bridgehead atoms. The van der Waals surface area contributed by atoms with Crippen molar-refractivity contribution >= 4 is 32.9 Å². The molecule has 2 aliphatic heterocycles. The third-order valence-electron chi connectivity index (χ3n) is 4.95. The van der Waals surface area contributed by atoms with Gasteiger partial charge in [-0.15, -0.1) is 5.10 Å². The molecule has 0 spiro atoms. The molecule has 7 nitrogen and oxygen atoms in total.